The van der Waals surface area contributed by atoms with Gasteiger partial charge in [-0.05, 0) is 0 Å². The van der Waals surface area contributed by atoms with Gasteiger partial charge in [-0.15, -0.1) is 0 Å². The van der Waals surface area contributed by atoms with Gasteiger partial charge in [0, 0.05) is 0 Å². The predicted molar refractivity (Wildman–Crippen MR) is 205 cm³/mol. The number of benzene rings is 4. The molecule has 2 aliphatic rings. The van der Waals surface area contributed by atoms with Crippen LogP contribution in [0.2, 0.25) is 0 Å². The Morgan fingerprint density at radius 3 is 1.89 bits per heavy atom. The van der Waals surface area contributed by atoms with E-state index in [1.165, 1.54) is 69.3 Å². The molecule has 6 rings (SSSR count). The summed E-state index contributed by atoms with van der Waals surface area (Å²) >= 11 is -4.12. The Kier molecular flexibility index (Phi) is 8.71. The van der Waals surface area contributed by atoms with E-state index in [9.17, 15) is 0 Å². The second kappa shape index (κ2) is 11.7. The number of allylic oxidation sites excluding steroid dienone is 1. The molecule has 0 amide bonds. The molecule has 240 valence electrons. The Balaban J connectivity index is 1.62. The second-order valence-corrected chi connectivity index (χ2v) is 32.9. The zero-order chi connectivity index (χ0) is 33.6. The summed E-state index contributed by atoms with van der Waals surface area (Å²) in [4.78, 5) is 0. The minimum absolute atomic E-state index is 0.0357. The van der Waals surface area contributed by atoms with Gasteiger partial charge < -0.3 is 0 Å². The van der Waals surface area contributed by atoms with Crippen LogP contribution in [0.3, 0.4) is 0 Å². The van der Waals surface area contributed by atoms with Crippen molar-refractivity contribution in [3.05, 3.63) is 106 Å². The van der Waals surface area contributed by atoms with Gasteiger partial charge in [0.15, 0.2) is 0 Å². The van der Waals surface area contributed by atoms with E-state index < -0.39 is 27.4 Å². The van der Waals surface area contributed by atoms with Crippen molar-refractivity contribution >= 4 is 46.3 Å². The van der Waals surface area contributed by atoms with E-state index >= 15 is 0 Å². The normalized spacial score (nSPS) is 16.9. The van der Waals surface area contributed by atoms with E-state index in [4.69, 9.17) is 17.0 Å². The molecular formula is C42H50Cl2SiZr. The third-order valence-electron chi connectivity index (χ3n) is 10.2. The third kappa shape index (κ3) is 5.93. The van der Waals surface area contributed by atoms with Crippen molar-refractivity contribution in [2.45, 2.75) is 96.5 Å². The van der Waals surface area contributed by atoms with Crippen LogP contribution in [-0.2, 0) is 28.7 Å². The van der Waals surface area contributed by atoms with E-state index in [2.05, 4.69) is 155 Å². The van der Waals surface area contributed by atoms with Gasteiger partial charge in [0.1, 0.15) is 0 Å². The molecule has 0 spiro atoms. The van der Waals surface area contributed by atoms with Gasteiger partial charge in [-0.2, -0.15) is 0 Å². The van der Waals surface area contributed by atoms with Gasteiger partial charge in [0.05, 0.1) is 0 Å². The summed E-state index contributed by atoms with van der Waals surface area (Å²) in [7, 11) is 15.4. The van der Waals surface area contributed by atoms with Crippen LogP contribution in [0.15, 0.2) is 78.4 Å². The molecule has 0 N–H and O–H groups in total. The van der Waals surface area contributed by atoms with E-state index in [1.54, 1.807) is 0 Å². The van der Waals surface area contributed by atoms with Crippen LogP contribution < -0.4 is 13.6 Å². The molecule has 4 heteroatoms. The van der Waals surface area contributed by atoms with Crippen molar-refractivity contribution in [2.75, 3.05) is 0 Å². The fraction of sp³-hybridized carbons (Fsp3) is 0.381. The molecule has 1 aliphatic heterocycles. The van der Waals surface area contributed by atoms with Crippen molar-refractivity contribution in [1.82, 2.24) is 0 Å². The van der Waals surface area contributed by atoms with Crippen LogP contribution in [-0.4, -0.2) is 9.52 Å². The summed E-state index contributed by atoms with van der Waals surface area (Å²) < 4.78 is 1.34. The van der Waals surface area contributed by atoms with Gasteiger partial charge in [-0.3, -0.25) is 0 Å². The van der Waals surface area contributed by atoms with E-state index in [-0.39, 0.29) is 19.9 Å². The first-order valence-electron chi connectivity index (χ1n) is 16.9. The molecule has 4 aromatic carbocycles. The number of hydrogen-bond donors (Lipinski definition) is 0. The van der Waals surface area contributed by atoms with E-state index in [0.717, 1.165) is 0 Å². The van der Waals surface area contributed by atoms with Crippen molar-refractivity contribution in [2.24, 2.45) is 5.41 Å². The van der Waals surface area contributed by atoms with Gasteiger partial charge in [0.2, 0.25) is 0 Å². The standard InChI is InChI=1S/C30H41.C12H9Si.2ClH.Zr/c1-19(2)25-13-12-20-14-24(30(9,10)11)18-26(20)27(25)21-15-22(28(3,4)5)17-23(16-21)29(6,7)8;1-3-7-11-9(5-1)10-6-2-4-8-12(10)13-11;;;/h12-19H,1-11H3;1-7H,13H2;2*1H;/q;;;;+2/p-2. The van der Waals surface area contributed by atoms with Gasteiger partial charge >= 0.3 is 295 Å². The zero-order valence-electron chi connectivity index (χ0n) is 29.6. The maximum absolute atomic E-state index is 8.05. The molecule has 4 aromatic rings. The third-order valence-corrected chi connectivity index (χ3v) is 24.4. The first-order chi connectivity index (χ1) is 21.3. The summed E-state index contributed by atoms with van der Waals surface area (Å²) in [5, 5.41) is 2.99. The monoisotopic (exact) mass is 742 g/mol. The van der Waals surface area contributed by atoms with Crippen LogP contribution in [0.5, 0.6) is 0 Å². The molecule has 0 nitrogen and oxygen atoms in total. The Hall–Kier alpha value is -1.70. The number of hydrogen-bond acceptors (Lipinski definition) is 0. The first-order valence-corrected chi connectivity index (χ1v) is 27.3. The van der Waals surface area contributed by atoms with Crippen LogP contribution >= 0.6 is 17.0 Å². The van der Waals surface area contributed by atoms with Gasteiger partial charge in [-0.25, -0.2) is 0 Å². The Morgan fingerprint density at radius 2 is 1.30 bits per heavy atom. The second-order valence-electron chi connectivity index (χ2n) is 17.1. The van der Waals surface area contributed by atoms with Crippen molar-refractivity contribution < 1.29 is 17.9 Å². The first kappa shape index (κ1) is 34.2. The predicted octanol–water partition coefficient (Wildman–Crippen LogP) is 10.4. The number of fused-ring (bicyclic) bond motifs is 4. The SMILES string of the molecule is CC(C)c1ccc2c(c1-c1cc(C(C)(C)C)cc(C(C)(C)C)c1)C=C(C(C)(C)C)[CH]2[Zr]([Cl])([Cl])[c]1cccc2c1[SiH2]c1ccccc1-2. The molecule has 0 radical (unpaired) electrons. The molecule has 0 fully saturated rings. The summed E-state index contributed by atoms with van der Waals surface area (Å²) in [6.45, 7) is 25.6. The average Bonchev–Trinajstić information content (AvgIpc) is 3.55. The fourth-order valence-electron chi connectivity index (χ4n) is 7.57. The topological polar surface area (TPSA) is 0 Å². The Morgan fingerprint density at radius 1 is 0.696 bits per heavy atom. The number of rotatable bonds is 4. The van der Waals surface area contributed by atoms with Crippen LogP contribution in [0.4, 0.5) is 0 Å². The van der Waals surface area contributed by atoms with Crippen LogP contribution in [0, 0.1) is 5.41 Å². The molecule has 1 heterocycles. The molecule has 0 saturated carbocycles. The van der Waals surface area contributed by atoms with E-state index in [1.807, 2.05) is 0 Å². The van der Waals surface area contributed by atoms with Crippen molar-refractivity contribution in [3.8, 4) is 22.3 Å². The minimum atomic E-state index is -4.12. The van der Waals surface area contributed by atoms with E-state index in [0.29, 0.717) is 5.92 Å². The quantitative estimate of drug-likeness (QED) is 0.161. The Bertz CT molecular complexity index is 1840. The zero-order valence-corrected chi connectivity index (χ0v) is 35.0. The molecule has 0 bridgehead atoms. The molecule has 1 atom stereocenters. The van der Waals surface area contributed by atoms with Crippen LogP contribution in [0.25, 0.3) is 28.3 Å². The molecule has 1 unspecified atom stereocenters. The molecule has 0 aromatic heterocycles. The Labute approximate surface area is 292 Å². The summed E-state index contributed by atoms with van der Waals surface area (Å²) in [5.41, 5.74) is 13.6. The molecule has 0 saturated heterocycles. The molecular weight excluding hydrogens is 695 g/mol. The summed E-state index contributed by atoms with van der Waals surface area (Å²) in [6, 6.07) is 27.8. The molecule has 46 heavy (non-hydrogen) atoms. The molecule has 1 aliphatic carbocycles. The number of halogens is 2. The van der Waals surface area contributed by atoms with Crippen LogP contribution in [0.1, 0.15) is 114 Å². The van der Waals surface area contributed by atoms with Crippen molar-refractivity contribution in [3.63, 3.8) is 0 Å². The summed E-state index contributed by atoms with van der Waals surface area (Å²) in [5.74, 6) is 0.379. The summed E-state index contributed by atoms with van der Waals surface area (Å²) in [6.07, 6.45) is 2.51. The van der Waals surface area contributed by atoms with Crippen molar-refractivity contribution in [1.29, 1.82) is 0 Å². The average molecular weight is 745 g/mol. The maximum atomic E-state index is 8.05. The van der Waals surface area contributed by atoms with Gasteiger partial charge in [-0.1, -0.05) is 0 Å². The fourth-order valence-corrected chi connectivity index (χ4v) is 24.7. The van der Waals surface area contributed by atoms with Gasteiger partial charge in [0.25, 0.3) is 0 Å².